The molecule has 0 fully saturated rings. The Balaban J connectivity index is 0.000000414. The predicted octanol–water partition coefficient (Wildman–Crippen LogP) is 5.10. The van der Waals surface area contributed by atoms with Crippen molar-refractivity contribution in [1.82, 2.24) is 0 Å². The number of rotatable bonds is 4. The van der Waals surface area contributed by atoms with Crippen molar-refractivity contribution in [2.45, 2.75) is 56.4 Å². The minimum Gasteiger partial charge on any atom is -0.741 e. The molecule has 2 aromatic rings. The van der Waals surface area contributed by atoms with E-state index < -0.39 is 23.7 Å². The molecular formula is C27H34F3NO4SSi. The fraction of sp³-hybridized carbons (Fsp3) is 0.444. The molecule has 0 amide bonds. The lowest BCUT2D eigenvalue weighted by molar-refractivity contribution is -0.537. The molecule has 1 heterocycles. The molecule has 5 nitrogen and oxygen atoms in total. The van der Waals surface area contributed by atoms with Crippen molar-refractivity contribution >= 4 is 35.4 Å². The normalized spacial score (nSPS) is 23.9. The molecule has 0 spiro atoms. The summed E-state index contributed by atoms with van der Waals surface area (Å²) in [7, 11) is -5.70. The third kappa shape index (κ3) is 5.56. The van der Waals surface area contributed by atoms with Gasteiger partial charge in [0.2, 0.25) is 0 Å². The summed E-state index contributed by atoms with van der Waals surface area (Å²) in [4.78, 5) is 0. The van der Waals surface area contributed by atoms with E-state index in [2.05, 4.69) is 112 Å². The first-order chi connectivity index (χ1) is 17.0. The first kappa shape index (κ1) is 29.1. The van der Waals surface area contributed by atoms with Crippen molar-refractivity contribution in [3.05, 3.63) is 71.8 Å². The van der Waals surface area contributed by atoms with Crippen LogP contribution in [0.4, 0.5) is 13.2 Å². The van der Waals surface area contributed by atoms with Crippen LogP contribution in [-0.2, 0) is 20.3 Å². The summed E-state index contributed by atoms with van der Waals surface area (Å²) in [6.07, 6.45) is 4.82. The van der Waals surface area contributed by atoms with Crippen molar-refractivity contribution in [2.24, 2.45) is 5.92 Å². The van der Waals surface area contributed by atoms with Gasteiger partial charge in [-0.05, 0) is 23.6 Å². The zero-order chi connectivity index (χ0) is 27.8. The van der Waals surface area contributed by atoms with Crippen LogP contribution in [0.2, 0.25) is 18.6 Å². The fourth-order valence-corrected chi connectivity index (χ4v) is 9.33. The first-order valence-corrected chi connectivity index (χ1v) is 16.6. The number of allylic oxidation sites excluding steroid dienone is 1. The van der Waals surface area contributed by atoms with E-state index in [4.69, 9.17) is 17.7 Å². The zero-order valence-corrected chi connectivity index (χ0v) is 23.7. The molecule has 2 aromatic carbocycles. The molecule has 10 heteroatoms. The molecule has 0 aromatic heterocycles. The molecule has 0 bridgehead atoms. The Morgan fingerprint density at radius 2 is 1.62 bits per heavy atom. The van der Waals surface area contributed by atoms with Gasteiger partial charge in [-0.25, -0.2) is 8.42 Å². The van der Waals surface area contributed by atoms with E-state index in [1.165, 1.54) is 16.3 Å². The van der Waals surface area contributed by atoms with Crippen molar-refractivity contribution in [3.63, 3.8) is 0 Å². The Hall–Kier alpha value is -2.43. The summed E-state index contributed by atoms with van der Waals surface area (Å²) in [5, 5.41) is 1.50. The van der Waals surface area contributed by atoms with Crippen LogP contribution in [0.5, 0.6) is 0 Å². The van der Waals surface area contributed by atoms with Crippen LogP contribution in [0.1, 0.15) is 31.9 Å². The second-order valence-electron chi connectivity index (χ2n) is 10.7. The number of alkyl halides is 3. The zero-order valence-electron chi connectivity index (χ0n) is 21.9. The Bertz CT molecular complexity index is 1290. The van der Waals surface area contributed by atoms with Crippen LogP contribution in [0.3, 0.4) is 0 Å². The van der Waals surface area contributed by atoms with E-state index in [9.17, 15) is 13.2 Å². The van der Waals surface area contributed by atoms with Gasteiger partial charge in [0, 0.05) is 5.92 Å². The van der Waals surface area contributed by atoms with Gasteiger partial charge in [-0.2, -0.15) is 17.7 Å². The fourth-order valence-electron chi connectivity index (χ4n) is 5.62. The number of likely N-dealkylation sites (N-methyl/N-ethyl adjacent to an activating group) is 1. The molecule has 2 aliphatic rings. The topological polar surface area (TPSA) is 69.4 Å². The summed E-state index contributed by atoms with van der Waals surface area (Å²) in [6, 6.07) is 20.4. The lowest BCUT2D eigenvalue weighted by Crippen LogP contribution is -2.56. The van der Waals surface area contributed by atoms with Crippen LogP contribution in [-0.4, -0.2) is 56.7 Å². The molecule has 3 atom stereocenters. The van der Waals surface area contributed by atoms with Gasteiger partial charge < -0.3 is 9.29 Å². The maximum atomic E-state index is 10.7. The highest BCUT2D eigenvalue weighted by molar-refractivity contribution is 7.86. The minimum absolute atomic E-state index is 0.171. The standard InChI is InChI=1S/C26H34NOSi.CHF3O3S/c1-19(2)23-18-28-25(27(23)4)26(3)22-15-11-10-12-20(22)16-17-24(26)29(5,6)21-13-8-7-9-14-21;2-1(3,4)8(5,6)7/h7-17,19,23-24H,18H2,1-6H3;(H,5,6,7)/q+1;/p-1/t23-,24-,26+;/m1./s1. The maximum Gasteiger partial charge on any atom is 0.485 e. The quantitative estimate of drug-likeness (QED) is 0.229. The molecule has 0 saturated heterocycles. The molecular weight excluding hydrogens is 519 g/mol. The summed E-state index contributed by atoms with van der Waals surface area (Å²) < 4.78 is 67.9. The SMILES string of the molecule is CC(C)[C@H]1COC([C@@]2(C)c3ccccc3C=C[C@H]2[Si](C)(C)c2ccccc2)=[N+]1C.O=S(=O)([O-])C(F)(F)F. The Labute approximate surface area is 218 Å². The van der Waals surface area contributed by atoms with Gasteiger partial charge in [0.1, 0.15) is 12.5 Å². The summed E-state index contributed by atoms with van der Waals surface area (Å²) >= 11 is 0. The van der Waals surface area contributed by atoms with Gasteiger partial charge in [-0.1, -0.05) is 98.9 Å². The average molecular weight is 554 g/mol. The van der Waals surface area contributed by atoms with Crippen LogP contribution >= 0.6 is 0 Å². The lowest BCUT2D eigenvalue weighted by Gasteiger charge is -2.44. The molecule has 202 valence electrons. The highest BCUT2D eigenvalue weighted by Crippen LogP contribution is 2.50. The van der Waals surface area contributed by atoms with E-state index in [-0.39, 0.29) is 5.41 Å². The van der Waals surface area contributed by atoms with Gasteiger partial charge in [0.05, 0.1) is 8.07 Å². The Kier molecular flexibility index (Phi) is 8.17. The van der Waals surface area contributed by atoms with Crippen molar-refractivity contribution < 1.29 is 35.5 Å². The number of hydrogen-bond acceptors (Lipinski definition) is 4. The van der Waals surface area contributed by atoms with Gasteiger partial charge in [0.15, 0.2) is 22.8 Å². The van der Waals surface area contributed by atoms with Crippen molar-refractivity contribution in [3.8, 4) is 0 Å². The predicted molar refractivity (Wildman–Crippen MR) is 142 cm³/mol. The largest absolute Gasteiger partial charge is 0.741 e. The molecule has 4 rings (SSSR count). The summed E-state index contributed by atoms with van der Waals surface area (Å²) in [5.41, 5.74) is -2.69. The molecule has 0 unspecified atom stereocenters. The van der Waals surface area contributed by atoms with Crippen molar-refractivity contribution in [2.75, 3.05) is 13.7 Å². The summed E-state index contributed by atoms with van der Waals surface area (Å²) in [5.74, 6) is 1.71. The molecule has 1 aliphatic carbocycles. The number of fused-ring (bicyclic) bond motifs is 1. The third-order valence-electron chi connectivity index (χ3n) is 7.61. The van der Waals surface area contributed by atoms with E-state index in [0.717, 1.165) is 12.5 Å². The van der Waals surface area contributed by atoms with E-state index in [0.29, 0.717) is 17.5 Å². The molecule has 37 heavy (non-hydrogen) atoms. The number of nitrogens with zero attached hydrogens (tertiary/aromatic N) is 1. The Morgan fingerprint density at radius 3 is 2.14 bits per heavy atom. The molecule has 1 aliphatic heterocycles. The van der Waals surface area contributed by atoms with E-state index in [1.807, 2.05) is 0 Å². The van der Waals surface area contributed by atoms with Crippen LogP contribution < -0.4 is 5.19 Å². The van der Waals surface area contributed by atoms with Crippen LogP contribution in [0.15, 0.2) is 60.7 Å². The Morgan fingerprint density at radius 1 is 1.08 bits per heavy atom. The highest BCUT2D eigenvalue weighted by Gasteiger charge is 2.57. The minimum atomic E-state index is -6.09. The maximum absolute atomic E-state index is 10.7. The molecule has 0 saturated carbocycles. The van der Waals surface area contributed by atoms with Gasteiger partial charge in [-0.3, -0.25) is 0 Å². The first-order valence-electron chi connectivity index (χ1n) is 12.1. The van der Waals surface area contributed by atoms with E-state index >= 15 is 0 Å². The number of ether oxygens (including phenoxy) is 1. The lowest BCUT2D eigenvalue weighted by atomic mass is 9.73. The second-order valence-corrected chi connectivity index (χ2v) is 16.7. The van der Waals surface area contributed by atoms with Gasteiger partial charge >= 0.3 is 11.4 Å². The van der Waals surface area contributed by atoms with Crippen LogP contribution in [0.25, 0.3) is 6.08 Å². The summed E-state index contributed by atoms with van der Waals surface area (Å²) in [6.45, 7) is 12.8. The second kappa shape index (κ2) is 10.4. The van der Waals surface area contributed by atoms with E-state index in [1.54, 1.807) is 0 Å². The highest BCUT2D eigenvalue weighted by atomic mass is 32.2. The average Bonchev–Trinajstić information content (AvgIpc) is 3.21. The molecule has 0 radical (unpaired) electrons. The monoisotopic (exact) mass is 553 g/mol. The number of hydrogen-bond donors (Lipinski definition) is 0. The number of halogens is 3. The molecule has 0 N–H and O–H groups in total. The number of benzene rings is 2. The smallest absolute Gasteiger partial charge is 0.485 e. The van der Waals surface area contributed by atoms with Gasteiger partial charge in [0.25, 0.3) is 0 Å². The van der Waals surface area contributed by atoms with Crippen LogP contribution in [0, 0.1) is 5.92 Å². The van der Waals surface area contributed by atoms with Crippen molar-refractivity contribution in [1.29, 1.82) is 0 Å². The van der Waals surface area contributed by atoms with Gasteiger partial charge in [-0.15, -0.1) is 0 Å². The third-order valence-corrected chi connectivity index (χ3v) is 12.3.